The summed E-state index contributed by atoms with van der Waals surface area (Å²) in [5.41, 5.74) is 0.914. The van der Waals surface area contributed by atoms with Crippen molar-refractivity contribution in [3.05, 3.63) is 35.9 Å². The Kier molecular flexibility index (Phi) is 4.95. The van der Waals surface area contributed by atoms with Crippen molar-refractivity contribution in [1.29, 1.82) is 0 Å². The Hall–Kier alpha value is -2.08. The first-order valence-electron chi connectivity index (χ1n) is 6.46. The van der Waals surface area contributed by atoms with Crippen molar-refractivity contribution < 1.29 is 19.1 Å². The number of hydrogen-bond donors (Lipinski definition) is 2. The van der Waals surface area contributed by atoms with E-state index in [0.717, 1.165) is 5.56 Å². The molecule has 6 heteroatoms. The summed E-state index contributed by atoms with van der Waals surface area (Å²) in [5.74, 6) is -0.701. The van der Waals surface area contributed by atoms with Crippen molar-refractivity contribution in [2.45, 2.75) is 12.6 Å². The van der Waals surface area contributed by atoms with Crippen LogP contribution in [0.4, 0.5) is 4.79 Å². The molecule has 1 aliphatic rings. The van der Waals surface area contributed by atoms with Crippen LogP contribution in [0, 0.1) is 5.92 Å². The maximum Gasteiger partial charge on any atom is 0.407 e. The average Bonchev–Trinajstić information content (AvgIpc) is 2.93. The molecule has 1 amide bonds. The Labute approximate surface area is 117 Å². The van der Waals surface area contributed by atoms with Crippen molar-refractivity contribution in [3.8, 4) is 0 Å². The van der Waals surface area contributed by atoms with Gasteiger partial charge in [-0.15, -0.1) is 0 Å². The number of esters is 1. The molecule has 108 valence electrons. The zero-order chi connectivity index (χ0) is 14.4. The molecule has 0 bridgehead atoms. The fraction of sp³-hybridized carbons (Fsp3) is 0.429. The van der Waals surface area contributed by atoms with Crippen LogP contribution in [0.2, 0.25) is 0 Å². The van der Waals surface area contributed by atoms with Crippen LogP contribution in [0.25, 0.3) is 0 Å². The fourth-order valence-corrected chi connectivity index (χ4v) is 2.15. The van der Waals surface area contributed by atoms with E-state index in [1.165, 1.54) is 7.11 Å². The van der Waals surface area contributed by atoms with Crippen molar-refractivity contribution >= 4 is 12.1 Å². The standard InChI is InChI=1S/C14H18N2O4/c1-19-13(17)11-7-15-8-12(11)16-14(18)20-9-10-5-3-2-4-6-10/h2-6,11-12,15H,7-9H2,1H3,(H,16,18). The molecule has 1 heterocycles. The van der Waals surface area contributed by atoms with E-state index in [0.29, 0.717) is 13.1 Å². The number of amides is 1. The van der Waals surface area contributed by atoms with Crippen molar-refractivity contribution in [1.82, 2.24) is 10.6 Å². The summed E-state index contributed by atoms with van der Waals surface area (Å²) in [6.45, 7) is 1.23. The summed E-state index contributed by atoms with van der Waals surface area (Å²) in [7, 11) is 1.34. The van der Waals surface area contributed by atoms with Crippen molar-refractivity contribution in [2.24, 2.45) is 5.92 Å². The number of methoxy groups -OCH3 is 1. The number of nitrogens with one attached hydrogen (secondary N) is 2. The summed E-state index contributed by atoms with van der Waals surface area (Å²) >= 11 is 0. The predicted octanol–water partition coefficient (Wildman–Crippen LogP) is 0.674. The molecule has 2 atom stereocenters. The first-order valence-corrected chi connectivity index (χ1v) is 6.46. The first-order chi connectivity index (χ1) is 9.70. The van der Waals surface area contributed by atoms with E-state index >= 15 is 0 Å². The Balaban J connectivity index is 1.80. The molecule has 6 nitrogen and oxygen atoms in total. The highest BCUT2D eigenvalue weighted by Crippen LogP contribution is 2.11. The topological polar surface area (TPSA) is 76.7 Å². The van der Waals surface area contributed by atoms with E-state index < -0.39 is 6.09 Å². The van der Waals surface area contributed by atoms with Crippen LogP contribution >= 0.6 is 0 Å². The normalized spacial score (nSPS) is 21.2. The van der Waals surface area contributed by atoms with Gasteiger partial charge < -0.3 is 20.1 Å². The number of rotatable bonds is 4. The van der Waals surface area contributed by atoms with E-state index in [1.807, 2.05) is 30.3 Å². The highest BCUT2D eigenvalue weighted by molar-refractivity contribution is 5.76. The minimum absolute atomic E-state index is 0.204. The second-order valence-electron chi connectivity index (χ2n) is 4.60. The minimum Gasteiger partial charge on any atom is -0.469 e. The van der Waals surface area contributed by atoms with Gasteiger partial charge in [-0.1, -0.05) is 30.3 Å². The number of ether oxygens (including phenoxy) is 2. The van der Waals surface area contributed by atoms with Crippen LogP contribution in [-0.2, 0) is 20.9 Å². The molecule has 0 spiro atoms. The molecule has 2 N–H and O–H groups in total. The van der Waals surface area contributed by atoms with Crippen molar-refractivity contribution in [2.75, 3.05) is 20.2 Å². The predicted molar refractivity (Wildman–Crippen MR) is 71.9 cm³/mol. The zero-order valence-electron chi connectivity index (χ0n) is 11.3. The SMILES string of the molecule is COC(=O)C1CNCC1NC(=O)OCc1ccccc1. The molecule has 0 radical (unpaired) electrons. The van der Waals surface area contributed by atoms with Crippen LogP contribution in [0.5, 0.6) is 0 Å². The number of carbonyl (C=O) groups is 2. The zero-order valence-corrected chi connectivity index (χ0v) is 11.3. The first kappa shape index (κ1) is 14.3. The highest BCUT2D eigenvalue weighted by atomic mass is 16.5. The molecule has 2 unspecified atom stereocenters. The van der Waals surface area contributed by atoms with Crippen LogP contribution < -0.4 is 10.6 Å². The second-order valence-corrected chi connectivity index (χ2v) is 4.60. The van der Waals surface area contributed by atoms with E-state index in [2.05, 4.69) is 10.6 Å². The molecule has 2 rings (SSSR count). The van der Waals surface area contributed by atoms with Crippen LogP contribution in [0.15, 0.2) is 30.3 Å². The summed E-state index contributed by atoms with van der Waals surface area (Å²) in [4.78, 5) is 23.2. The third kappa shape index (κ3) is 3.71. The van der Waals surface area contributed by atoms with Gasteiger partial charge in [0.25, 0.3) is 0 Å². The molecule has 1 fully saturated rings. The minimum atomic E-state index is -0.531. The lowest BCUT2D eigenvalue weighted by Gasteiger charge is -2.17. The third-order valence-electron chi connectivity index (χ3n) is 3.23. The number of hydrogen-bond acceptors (Lipinski definition) is 5. The molecule has 0 saturated carbocycles. The van der Waals surface area contributed by atoms with Gasteiger partial charge in [0.05, 0.1) is 19.1 Å². The lowest BCUT2D eigenvalue weighted by molar-refractivity contribution is -0.145. The van der Waals surface area contributed by atoms with Gasteiger partial charge >= 0.3 is 12.1 Å². The fourth-order valence-electron chi connectivity index (χ4n) is 2.15. The Morgan fingerprint density at radius 2 is 2.05 bits per heavy atom. The molecule has 1 saturated heterocycles. The van der Waals surface area contributed by atoms with E-state index in [4.69, 9.17) is 9.47 Å². The van der Waals surface area contributed by atoms with Gasteiger partial charge in [0.15, 0.2) is 0 Å². The Morgan fingerprint density at radius 1 is 1.30 bits per heavy atom. The summed E-state index contributed by atoms with van der Waals surface area (Å²) in [5, 5.41) is 5.74. The molecule has 0 aromatic heterocycles. The smallest absolute Gasteiger partial charge is 0.407 e. The van der Waals surface area contributed by atoms with Crippen LogP contribution in [0.1, 0.15) is 5.56 Å². The molecular formula is C14H18N2O4. The molecule has 1 aromatic carbocycles. The second kappa shape index (κ2) is 6.91. The molecule has 1 aliphatic heterocycles. The van der Waals surface area contributed by atoms with E-state index in [1.54, 1.807) is 0 Å². The average molecular weight is 278 g/mol. The number of alkyl carbamates (subject to hydrolysis) is 1. The third-order valence-corrected chi connectivity index (χ3v) is 3.23. The number of benzene rings is 1. The van der Waals surface area contributed by atoms with Gasteiger partial charge in [-0.25, -0.2) is 4.79 Å². The summed E-state index contributed by atoms with van der Waals surface area (Å²) < 4.78 is 9.83. The van der Waals surface area contributed by atoms with Gasteiger partial charge in [-0.3, -0.25) is 4.79 Å². The number of carbonyl (C=O) groups excluding carboxylic acids is 2. The molecule has 1 aromatic rings. The maximum atomic E-state index is 11.7. The quantitative estimate of drug-likeness (QED) is 0.792. The maximum absolute atomic E-state index is 11.7. The molecular weight excluding hydrogens is 260 g/mol. The van der Waals surface area contributed by atoms with Gasteiger partial charge in [0.1, 0.15) is 6.61 Å². The monoisotopic (exact) mass is 278 g/mol. The van der Waals surface area contributed by atoms with Crippen LogP contribution in [-0.4, -0.2) is 38.3 Å². The summed E-state index contributed by atoms with van der Waals surface area (Å²) in [6, 6.07) is 9.11. The molecule has 0 aliphatic carbocycles. The Morgan fingerprint density at radius 3 is 2.75 bits per heavy atom. The lowest BCUT2D eigenvalue weighted by Crippen LogP contribution is -2.43. The van der Waals surface area contributed by atoms with Gasteiger partial charge in [0, 0.05) is 13.1 Å². The molecule has 20 heavy (non-hydrogen) atoms. The van der Waals surface area contributed by atoms with Crippen molar-refractivity contribution in [3.63, 3.8) is 0 Å². The summed E-state index contributed by atoms with van der Waals surface area (Å²) in [6.07, 6.45) is -0.531. The van der Waals surface area contributed by atoms with E-state index in [-0.39, 0.29) is 24.5 Å². The highest BCUT2D eigenvalue weighted by Gasteiger charge is 2.35. The lowest BCUT2D eigenvalue weighted by atomic mass is 10.0. The Bertz CT molecular complexity index is 464. The largest absolute Gasteiger partial charge is 0.469 e. The van der Waals surface area contributed by atoms with Crippen LogP contribution in [0.3, 0.4) is 0 Å². The van der Waals surface area contributed by atoms with Gasteiger partial charge in [-0.05, 0) is 5.56 Å². The van der Waals surface area contributed by atoms with Gasteiger partial charge in [0.2, 0.25) is 0 Å². The van der Waals surface area contributed by atoms with Gasteiger partial charge in [-0.2, -0.15) is 0 Å². The van der Waals surface area contributed by atoms with E-state index in [9.17, 15) is 9.59 Å².